The van der Waals surface area contributed by atoms with E-state index in [2.05, 4.69) is 10.2 Å². The summed E-state index contributed by atoms with van der Waals surface area (Å²) < 4.78 is 5.47. The Hall–Kier alpha value is -2.17. The fourth-order valence-electron chi connectivity index (χ4n) is 2.24. The van der Waals surface area contributed by atoms with Gasteiger partial charge < -0.3 is 9.32 Å². The van der Waals surface area contributed by atoms with Crippen LogP contribution in [0.1, 0.15) is 29.9 Å². The van der Waals surface area contributed by atoms with Crippen LogP contribution in [0, 0.1) is 0 Å². The van der Waals surface area contributed by atoms with Gasteiger partial charge in [-0.2, -0.15) is 0 Å². The lowest BCUT2D eigenvalue weighted by molar-refractivity contribution is 0.0684. The van der Waals surface area contributed by atoms with Gasteiger partial charge in [0, 0.05) is 18.7 Å². The molecule has 1 aromatic heterocycles. The highest BCUT2D eigenvalue weighted by molar-refractivity contribution is 5.89. The first-order valence-electron chi connectivity index (χ1n) is 6.53. The molecular weight excluding hydrogens is 242 g/mol. The Morgan fingerprint density at radius 3 is 2.53 bits per heavy atom. The number of nitrogens with zero attached hydrogens (tertiary/aromatic N) is 3. The van der Waals surface area contributed by atoms with E-state index in [0.717, 1.165) is 31.5 Å². The average Bonchev–Trinajstić information content (AvgIpc) is 2.98. The second-order valence-electron chi connectivity index (χ2n) is 4.63. The number of rotatable bonds is 2. The Bertz CT molecular complexity index is 559. The molecule has 1 amide bonds. The van der Waals surface area contributed by atoms with Crippen molar-refractivity contribution in [2.75, 3.05) is 13.1 Å². The third-order valence-corrected chi connectivity index (χ3v) is 3.27. The van der Waals surface area contributed by atoms with Crippen molar-refractivity contribution in [3.05, 3.63) is 36.2 Å². The summed E-state index contributed by atoms with van der Waals surface area (Å²) in [6, 6.07) is 9.46. The van der Waals surface area contributed by atoms with Crippen molar-refractivity contribution < 1.29 is 9.21 Å². The largest absolute Gasteiger partial charge is 0.412 e. The zero-order valence-electron chi connectivity index (χ0n) is 10.6. The van der Waals surface area contributed by atoms with Crippen molar-refractivity contribution in [1.82, 2.24) is 15.1 Å². The van der Waals surface area contributed by atoms with Gasteiger partial charge in [-0.15, -0.1) is 10.2 Å². The Labute approximate surface area is 111 Å². The zero-order chi connectivity index (χ0) is 13.1. The quantitative estimate of drug-likeness (QED) is 0.828. The maximum Gasteiger partial charge on any atom is 0.311 e. The van der Waals surface area contributed by atoms with Crippen molar-refractivity contribution in [2.24, 2.45) is 0 Å². The van der Waals surface area contributed by atoms with E-state index in [1.807, 2.05) is 30.3 Å². The molecule has 1 saturated heterocycles. The summed E-state index contributed by atoms with van der Waals surface area (Å²) in [5, 5.41) is 7.80. The number of piperidine rings is 1. The second kappa shape index (κ2) is 5.22. The maximum atomic E-state index is 12.2. The monoisotopic (exact) mass is 257 g/mol. The molecule has 1 fully saturated rings. The van der Waals surface area contributed by atoms with Crippen LogP contribution < -0.4 is 0 Å². The number of carbonyl (C=O) groups excluding carboxylic acids is 1. The molecule has 0 saturated carbocycles. The van der Waals surface area contributed by atoms with Crippen LogP contribution in [-0.4, -0.2) is 34.1 Å². The van der Waals surface area contributed by atoms with Gasteiger partial charge in [0.25, 0.3) is 0 Å². The van der Waals surface area contributed by atoms with Crippen LogP contribution in [-0.2, 0) is 0 Å². The van der Waals surface area contributed by atoms with Crippen LogP contribution in [0.2, 0.25) is 0 Å². The predicted molar refractivity (Wildman–Crippen MR) is 69.5 cm³/mol. The number of likely N-dealkylation sites (tertiary alicyclic amines) is 1. The summed E-state index contributed by atoms with van der Waals surface area (Å²) in [5.74, 6) is 0.316. The first-order chi connectivity index (χ1) is 9.34. The number of benzene rings is 1. The number of carbonyl (C=O) groups is 1. The van der Waals surface area contributed by atoms with Gasteiger partial charge >= 0.3 is 11.8 Å². The molecule has 3 rings (SSSR count). The second-order valence-corrected chi connectivity index (χ2v) is 4.63. The molecular formula is C14H15N3O2. The molecule has 98 valence electrons. The summed E-state index contributed by atoms with van der Waals surface area (Å²) in [6.45, 7) is 1.56. The Morgan fingerprint density at radius 1 is 1.05 bits per heavy atom. The third-order valence-electron chi connectivity index (χ3n) is 3.27. The third kappa shape index (κ3) is 2.50. The minimum absolute atomic E-state index is 0.0840. The van der Waals surface area contributed by atoms with Gasteiger partial charge in [0.15, 0.2) is 0 Å². The van der Waals surface area contributed by atoms with Gasteiger partial charge in [-0.3, -0.25) is 4.79 Å². The van der Waals surface area contributed by atoms with E-state index in [1.165, 1.54) is 6.42 Å². The van der Waals surface area contributed by atoms with E-state index in [9.17, 15) is 4.79 Å². The number of hydrogen-bond donors (Lipinski definition) is 0. The highest BCUT2D eigenvalue weighted by Gasteiger charge is 2.23. The van der Waals surface area contributed by atoms with Crippen LogP contribution in [0.15, 0.2) is 34.7 Å². The summed E-state index contributed by atoms with van der Waals surface area (Å²) in [6.07, 6.45) is 3.28. The molecule has 5 heteroatoms. The van der Waals surface area contributed by atoms with Gasteiger partial charge in [0.1, 0.15) is 0 Å². The standard InChI is InChI=1S/C14H15N3O2/c18-14(17-9-5-2-6-10-17)13-16-15-12(19-13)11-7-3-1-4-8-11/h1,3-4,7-8H,2,5-6,9-10H2. The van der Waals surface area contributed by atoms with E-state index >= 15 is 0 Å². The first-order valence-corrected chi connectivity index (χ1v) is 6.53. The van der Waals surface area contributed by atoms with Gasteiger partial charge in [-0.25, -0.2) is 0 Å². The number of amides is 1. The summed E-state index contributed by atoms with van der Waals surface area (Å²) in [7, 11) is 0. The molecule has 2 aromatic rings. The number of hydrogen-bond acceptors (Lipinski definition) is 4. The molecule has 0 radical (unpaired) electrons. The van der Waals surface area contributed by atoms with E-state index in [0.29, 0.717) is 5.89 Å². The van der Waals surface area contributed by atoms with E-state index in [-0.39, 0.29) is 11.8 Å². The van der Waals surface area contributed by atoms with E-state index < -0.39 is 0 Å². The summed E-state index contributed by atoms with van der Waals surface area (Å²) in [4.78, 5) is 14.0. The van der Waals surface area contributed by atoms with Crippen molar-refractivity contribution in [3.63, 3.8) is 0 Å². The van der Waals surface area contributed by atoms with E-state index in [4.69, 9.17) is 4.42 Å². The van der Waals surface area contributed by atoms with Gasteiger partial charge in [-0.05, 0) is 31.4 Å². The molecule has 0 aliphatic carbocycles. The molecule has 1 aromatic carbocycles. The molecule has 0 atom stereocenters. The Balaban J connectivity index is 1.79. The van der Waals surface area contributed by atoms with Crippen molar-refractivity contribution >= 4 is 5.91 Å². The number of aromatic nitrogens is 2. The van der Waals surface area contributed by atoms with E-state index in [1.54, 1.807) is 4.90 Å². The fourth-order valence-corrected chi connectivity index (χ4v) is 2.24. The maximum absolute atomic E-state index is 12.2. The smallest absolute Gasteiger partial charge is 0.311 e. The normalized spacial score (nSPS) is 15.5. The van der Waals surface area contributed by atoms with Gasteiger partial charge in [0.05, 0.1) is 0 Å². The van der Waals surface area contributed by atoms with Crippen LogP contribution in [0.25, 0.3) is 11.5 Å². The van der Waals surface area contributed by atoms with Crippen LogP contribution >= 0.6 is 0 Å². The molecule has 0 unspecified atom stereocenters. The lowest BCUT2D eigenvalue weighted by Gasteiger charge is -2.24. The zero-order valence-corrected chi connectivity index (χ0v) is 10.6. The summed E-state index contributed by atoms with van der Waals surface area (Å²) in [5.41, 5.74) is 0.827. The molecule has 2 heterocycles. The van der Waals surface area contributed by atoms with Crippen molar-refractivity contribution in [2.45, 2.75) is 19.3 Å². The lowest BCUT2D eigenvalue weighted by atomic mass is 10.1. The fraction of sp³-hybridized carbons (Fsp3) is 0.357. The minimum atomic E-state index is -0.158. The molecule has 5 nitrogen and oxygen atoms in total. The Kier molecular flexibility index (Phi) is 3.27. The van der Waals surface area contributed by atoms with Gasteiger partial charge in [-0.1, -0.05) is 18.2 Å². The molecule has 1 aliphatic rings. The molecule has 0 spiro atoms. The molecule has 0 bridgehead atoms. The Morgan fingerprint density at radius 2 is 1.79 bits per heavy atom. The molecule has 19 heavy (non-hydrogen) atoms. The van der Waals surface area contributed by atoms with Gasteiger partial charge in [0.2, 0.25) is 5.89 Å². The summed E-state index contributed by atoms with van der Waals surface area (Å²) >= 11 is 0. The topological polar surface area (TPSA) is 59.2 Å². The van der Waals surface area contributed by atoms with Crippen LogP contribution in [0.5, 0.6) is 0 Å². The highest BCUT2D eigenvalue weighted by atomic mass is 16.4. The lowest BCUT2D eigenvalue weighted by Crippen LogP contribution is -2.35. The highest BCUT2D eigenvalue weighted by Crippen LogP contribution is 2.18. The van der Waals surface area contributed by atoms with Crippen molar-refractivity contribution in [3.8, 4) is 11.5 Å². The molecule has 1 aliphatic heterocycles. The predicted octanol–water partition coefficient (Wildman–Crippen LogP) is 2.36. The SMILES string of the molecule is O=C(c1nnc(-c2ccccc2)o1)N1CCCCC1. The van der Waals surface area contributed by atoms with Crippen molar-refractivity contribution in [1.29, 1.82) is 0 Å². The minimum Gasteiger partial charge on any atom is -0.412 e. The molecule has 0 N–H and O–H groups in total. The van der Waals surface area contributed by atoms with Crippen LogP contribution in [0.3, 0.4) is 0 Å². The average molecular weight is 257 g/mol. The van der Waals surface area contributed by atoms with Crippen LogP contribution in [0.4, 0.5) is 0 Å². The first kappa shape index (κ1) is 11.9.